The van der Waals surface area contributed by atoms with Crippen molar-refractivity contribution >= 4 is 11.7 Å². The molecule has 1 amide bonds. The Bertz CT molecular complexity index is 1000. The number of ether oxygens (including phenoxy) is 2. The van der Waals surface area contributed by atoms with Crippen molar-refractivity contribution in [2.24, 2.45) is 0 Å². The molecule has 3 aromatic rings. The first-order valence-corrected chi connectivity index (χ1v) is 8.60. The average molecular weight is 365 g/mol. The smallest absolute Gasteiger partial charge is 0.270 e. The van der Waals surface area contributed by atoms with Gasteiger partial charge in [0, 0.05) is 11.8 Å². The minimum absolute atomic E-state index is 0.338. The second-order valence-corrected chi connectivity index (χ2v) is 6.40. The van der Waals surface area contributed by atoms with Crippen LogP contribution in [0.1, 0.15) is 18.3 Å². The van der Waals surface area contributed by atoms with E-state index in [1.807, 2.05) is 38.1 Å². The topological polar surface area (TPSA) is 91.2 Å². The standard InChI is InChI=1S/C19H19N5O3/c1-11-8-12(2)24(23-11)17-9-16(20-10-21-17)22-19(25)18-13(3)26-14-6-4-5-7-15(14)27-18/h4-10,13,18H,1-3H3,(H,20,21,22,25)/t13-,18-/m0/s1. The minimum Gasteiger partial charge on any atom is -0.482 e. The highest BCUT2D eigenvalue weighted by molar-refractivity contribution is 5.94. The lowest BCUT2D eigenvalue weighted by atomic mass is 10.1. The van der Waals surface area contributed by atoms with Crippen LogP contribution < -0.4 is 14.8 Å². The highest BCUT2D eigenvalue weighted by Crippen LogP contribution is 2.33. The Labute approximate surface area is 156 Å². The Kier molecular flexibility index (Phi) is 4.23. The Morgan fingerprint density at radius 1 is 1.11 bits per heavy atom. The molecule has 1 aromatic carbocycles. The summed E-state index contributed by atoms with van der Waals surface area (Å²) < 4.78 is 13.3. The third-order valence-electron chi connectivity index (χ3n) is 4.23. The van der Waals surface area contributed by atoms with Crippen molar-refractivity contribution in [3.05, 3.63) is 54.1 Å². The van der Waals surface area contributed by atoms with E-state index >= 15 is 0 Å². The summed E-state index contributed by atoms with van der Waals surface area (Å²) in [4.78, 5) is 21.1. The molecule has 1 N–H and O–H groups in total. The Morgan fingerprint density at radius 3 is 2.56 bits per heavy atom. The molecule has 0 unspecified atom stereocenters. The van der Waals surface area contributed by atoms with Gasteiger partial charge in [-0.05, 0) is 39.0 Å². The zero-order valence-electron chi connectivity index (χ0n) is 15.2. The SMILES string of the molecule is Cc1cc(C)n(-c2cc(NC(=O)[C@H]3Oc4ccccc4O[C@H]3C)ncn2)n1. The highest BCUT2D eigenvalue weighted by atomic mass is 16.6. The molecule has 138 valence electrons. The monoisotopic (exact) mass is 365 g/mol. The number of amides is 1. The highest BCUT2D eigenvalue weighted by Gasteiger charge is 2.34. The van der Waals surface area contributed by atoms with E-state index in [1.54, 1.807) is 23.7 Å². The van der Waals surface area contributed by atoms with Crippen LogP contribution in [0.5, 0.6) is 11.5 Å². The van der Waals surface area contributed by atoms with Gasteiger partial charge in [0.15, 0.2) is 17.3 Å². The second-order valence-electron chi connectivity index (χ2n) is 6.40. The number of para-hydroxylation sites is 2. The number of carbonyl (C=O) groups is 1. The maximum absolute atomic E-state index is 12.7. The zero-order chi connectivity index (χ0) is 19.0. The number of hydrogen-bond acceptors (Lipinski definition) is 6. The lowest BCUT2D eigenvalue weighted by Crippen LogP contribution is -2.46. The van der Waals surface area contributed by atoms with Crippen molar-refractivity contribution in [2.45, 2.75) is 33.0 Å². The van der Waals surface area contributed by atoms with Gasteiger partial charge in [-0.15, -0.1) is 0 Å². The van der Waals surface area contributed by atoms with Crippen LogP contribution in [0.4, 0.5) is 5.82 Å². The summed E-state index contributed by atoms with van der Waals surface area (Å²) >= 11 is 0. The normalized spacial score (nSPS) is 18.2. The molecule has 1 aliphatic heterocycles. The molecular formula is C19H19N5O3. The number of carbonyl (C=O) groups excluding carboxylic acids is 1. The van der Waals surface area contributed by atoms with Gasteiger partial charge in [0.2, 0.25) is 6.10 Å². The predicted octanol–water partition coefficient (Wildman–Crippen LogP) is 2.45. The van der Waals surface area contributed by atoms with Crippen LogP contribution in [-0.4, -0.2) is 37.9 Å². The lowest BCUT2D eigenvalue weighted by molar-refractivity contribution is -0.128. The molecule has 4 rings (SSSR count). The van der Waals surface area contributed by atoms with Gasteiger partial charge < -0.3 is 14.8 Å². The molecule has 8 heteroatoms. The quantitative estimate of drug-likeness (QED) is 0.767. The van der Waals surface area contributed by atoms with Crippen molar-refractivity contribution in [2.75, 3.05) is 5.32 Å². The van der Waals surface area contributed by atoms with Crippen LogP contribution in [0.3, 0.4) is 0 Å². The number of rotatable bonds is 3. The molecular weight excluding hydrogens is 346 g/mol. The summed E-state index contributed by atoms with van der Waals surface area (Å²) in [5.41, 5.74) is 1.83. The molecule has 27 heavy (non-hydrogen) atoms. The van der Waals surface area contributed by atoms with Gasteiger partial charge in [0.25, 0.3) is 5.91 Å². The number of aryl methyl sites for hydroxylation is 2. The van der Waals surface area contributed by atoms with E-state index in [0.717, 1.165) is 11.4 Å². The largest absolute Gasteiger partial charge is 0.482 e. The summed E-state index contributed by atoms with van der Waals surface area (Å²) in [6.07, 6.45) is 0.169. The average Bonchev–Trinajstić information content (AvgIpc) is 2.99. The van der Waals surface area contributed by atoms with Gasteiger partial charge in [0.05, 0.1) is 5.69 Å². The first-order chi connectivity index (χ1) is 13.0. The Morgan fingerprint density at radius 2 is 1.85 bits per heavy atom. The van der Waals surface area contributed by atoms with E-state index in [0.29, 0.717) is 23.1 Å². The van der Waals surface area contributed by atoms with Gasteiger partial charge in [-0.2, -0.15) is 5.10 Å². The number of fused-ring (bicyclic) bond motifs is 1. The van der Waals surface area contributed by atoms with Crippen LogP contribution in [0, 0.1) is 13.8 Å². The minimum atomic E-state index is -0.785. The number of nitrogens with zero attached hydrogens (tertiary/aromatic N) is 4. The fourth-order valence-electron chi connectivity index (χ4n) is 3.00. The molecule has 0 saturated carbocycles. The third kappa shape index (κ3) is 3.33. The van der Waals surface area contributed by atoms with E-state index in [-0.39, 0.29) is 5.91 Å². The zero-order valence-corrected chi connectivity index (χ0v) is 15.2. The molecule has 0 aliphatic carbocycles. The number of hydrogen-bond donors (Lipinski definition) is 1. The number of anilines is 1. The van der Waals surface area contributed by atoms with E-state index in [4.69, 9.17) is 9.47 Å². The third-order valence-corrected chi connectivity index (χ3v) is 4.23. The van der Waals surface area contributed by atoms with Gasteiger partial charge in [-0.3, -0.25) is 4.79 Å². The number of benzene rings is 1. The Balaban J connectivity index is 1.53. The van der Waals surface area contributed by atoms with Crippen molar-refractivity contribution < 1.29 is 14.3 Å². The van der Waals surface area contributed by atoms with Crippen LogP contribution in [0.2, 0.25) is 0 Å². The summed E-state index contributed by atoms with van der Waals surface area (Å²) in [6, 6.07) is 10.9. The maximum Gasteiger partial charge on any atom is 0.270 e. The lowest BCUT2D eigenvalue weighted by Gasteiger charge is -2.30. The summed E-state index contributed by atoms with van der Waals surface area (Å²) in [7, 11) is 0. The predicted molar refractivity (Wildman–Crippen MR) is 98.2 cm³/mol. The van der Waals surface area contributed by atoms with Crippen molar-refractivity contribution in [3.8, 4) is 17.3 Å². The van der Waals surface area contributed by atoms with E-state index in [9.17, 15) is 4.79 Å². The molecule has 2 atom stereocenters. The fraction of sp³-hybridized carbons (Fsp3) is 0.263. The summed E-state index contributed by atoms with van der Waals surface area (Å²) in [5, 5.41) is 7.17. The van der Waals surface area contributed by atoms with Crippen LogP contribution >= 0.6 is 0 Å². The van der Waals surface area contributed by atoms with Gasteiger partial charge in [-0.1, -0.05) is 12.1 Å². The molecule has 0 saturated heterocycles. The van der Waals surface area contributed by atoms with E-state index in [1.165, 1.54) is 6.33 Å². The van der Waals surface area contributed by atoms with Crippen LogP contribution in [0.15, 0.2) is 42.7 Å². The second kappa shape index (κ2) is 6.71. The molecule has 0 radical (unpaired) electrons. The van der Waals surface area contributed by atoms with Crippen LogP contribution in [-0.2, 0) is 4.79 Å². The number of aromatic nitrogens is 4. The van der Waals surface area contributed by atoms with Gasteiger partial charge in [-0.25, -0.2) is 14.6 Å². The van der Waals surface area contributed by atoms with Gasteiger partial charge in [0.1, 0.15) is 18.2 Å². The first kappa shape index (κ1) is 17.0. The van der Waals surface area contributed by atoms with Crippen molar-refractivity contribution in [1.82, 2.24) is 19.7 Å². The molecule has 0 spiro atoms. The maximum atomic E-state index is 12.7. The fourth-order valence-corrected chi connectivity index (χ4v) is 3.00. The molecule has 2 aromatic heterocycles. The Hall–Kier alpha value is -3.42. The molecule has 3 heterocycles. The number of nitrogens with one attached hydrogen (secondary N) is 1. The molecule has 0 bridgehead atoms. The molecule has 1 aliphatic rings. The van der Waals surface area contributed by atoms with E-state index in [2.05, 4.69) is 20.4 Å². The van der Waals surface area contributed by atoms with Gasteiger partial charge >= 0.3 is 0 Å². The van der Waals surface area contributed by atoms with E-state index < -0.39 is 12.2 Å². The molecule has 0 fully saturated rings. The van der Waals surface area contributed by atoms with Crippen molar-refractivity contribution in [3.63, 3.8) is 0 Å². The summed E-state index contributed by atoms with van der Waals surface area (Å²) in [6.45, 7) is 5.64. The molecule has 8 nitrogen and oxygen atoms in total. The van der Waals surface area contributed by atoms with Crippen LogP contribution in [0.25, 0.3) is 5.82 Å². The summed E-state index contributed by atoms with van der Waals surface area (Å²) in [5.74, 6) is 1.78. The first-order valence-electron chi connectivity index (χ1n) is 8.60. The van der Waals surface area contributed by atoms with Crippen molar-refractivity contribution in [1.29, 1.82) is 0 Å².